The highest BCUT2D eigenvalue weighted by atomic mass is 16.5. The number of benzene rings is 1. The van der Waals surface area contributed by atoms with Gasteiger partial charge in [-0.3, -0.25) is 9.30 Å². The van der Waals surface area contributed by atoms with Gasteiger partial charge in [0.1, 0.15) is 18.2 Å². The van der Waals surface area contributed by atoms with Crippen LogP contribution in [0, 0.1) is 0 Å². The Balaban J connectivity index is 1.93. The summed E-state index contributed by atoms with van der Waals surface area (Å²) in [5.74, 6) is 1.92. The summed E-state index contributed by atoms with van der Waals surface area (Å²) >= 11 is 0. The number of ether oxygens (including phenoxy) is 3. The third-order valence-corrected chi connectivity index (χ3v) is 4.51. The maximum absolute atomic E-state index is 13.0. The number of hydrogen-bond acceptors (Lipinski definition) is 5. The van der Waals surface area contributed by atoms with E-state index in [0.717, 1.165) is 5.69 Å². The number of carbonyl (C=O) groups is 1. The van der Waals surface area contributed by atoms with Crippen molar-refractivity contribution in [3.63, 3.8) is 0 Å². The number of fused-ring (bicyclic) bond motifs is 1. The summed E-state index contributed by atoms with van der Waals surface area (Å²) in [5.41, 5.74) is 2.06. The molecule has 2 heterocycles. The lowest BCUT2D eigenvalue weighted by atomic mass is 10.3. The Morgan fingerprint density at radius 3 is 2.62 bits per heavy atom. The number of anilines is 2. The fraction of sp³-hybridized carbons (Fsp3) is 0.333. The molecule has 3 aromatic rings. The standard InChI is InChI=1S/C21H26N4O4/c1-5-15-20(24(2)21(26)23-16-9-6-7-10-17(16)28-4)25-12-8-11-18(19(25)22-15)29-14-13-27-3/h6-12H,5,13-14H2,1-4H3,(H,23,26). The molecule has 0 atom stereocenters. The van der Waals surface area contributed by atoms with Crippen molar-refractivity contribution in [1.29, 1.82) is 0 Å². The summed E-state index contributed by atoms with van der Waals surface area (Å²) in [5, 5.41) is 2.90. The van der Waals surface area contributed by atoms with Gasteiger partial charge >= 0.3 is 6.03 Å². The molecule has 0 saturated heterocycles. The Hall–Kier alpha value is -3.26. The maximum atomic E-state index is 13.0. The van der Waals surface area contributed by atoms with Gasteiger partial charge < -0.3 is 19.5 Å². The minimum Gasteiger partial charge on any atom is -0.495 e. The van der Waals surface area contributed by atoms with Crippen LogP contribution in [0.4, 0.5) is 16.3 Å². The molecule has 29 heavy (non-hydrogen) atoms. The molecule has 0 aliphatic rings. The SMILES string of the molecule is CCc1nc2c(OCCOC)cccn2c1N(C)C(=O)Nc1ccccc1OC. The van der Waals surface area contributed by atoms with Gasteiger partial charge in [0.25, 0.3) is 0 Å². The smallest absolute Gasteiger partial charge is 0.327 e. The average molecular weight is 398 g/mol. The van der Waals surface area contributed by atoms with Crippen molar-refractivity contribution in [1.82, 2.24) is 9.38 Å². The second kappa shape index (κ2) is 9.29. The van der Waals surface area contributed by atoms with Crippen LogP contribution < -0.4 is 19.7 Å². The van der Waals surface area contributed by atoms with E-state index >= 15 is 0 Å². The molecule has 0 unspecified atom stereocenters. The van der Waals surface area contributed by atoms with Crippen molar-refractivity contribution < 1.29 is 19.0 Å². The molecule has 2 amide bonds. The minimum absolute atomic E-state index is 0.295. The molecular weight excluding hydrogens is 372 g/mol. The van der Waals surface area contributed by atoms with E-state index in [9.17, 15) is 4.79 Å². The van der Waals surface area contributed by atoms with Crippen LogP contribution in [0.5, 0.6) is 11.5 Å². The number of rotatable bonds is 8. The third kappa shape index (κ3) is 4.27. The topological polar surface area (TPSA) is 77.3 Å². The zero-order valence-corrected chi connectivity index (χ0v) is 17.1. The van der Waals surface area contributed by atoms with E-state index in [1.807, 2.05) is 41.8 Å². The minimum atomic E-state index is -0.295. The van der Waals surface area contributed by atoms with Crippen molar-refractivity contribution >= 4 is 23.2 Å². The normalized spacial score (nSPS) is 10.8. The molecule has 0 saturated carbocycles. The molecule has 0 radical (unpaired) electrons. The summed E-state index contributed by atoms with van der Waals surface area (Å²) in [6.45, 7) is 2.91. The van der Waals surface area contributed by atoms with E-state index < -0.39 is 0 Å². The number of aromatic nitrogens is 2. The monoisotopic (exact) mass is 398 g/mol. The molecule has 2 aromatic heterocycles. The number of nitrogens with one attached hydrogen (secondary N) is 1. The highest BCUT2D eigenvalue weighted by Crippen LogP contribution is 2.29. The Kier molecular flexibility index (Phi) is 6.56. The number of pyridine rings is 1. The second-order valence-corrected chi connectivity index (χ2v) is 6.33. The zero-order valence-electron chi connectivity index (χ0n) is 17.1. The lowest BCUT2D eigenvalue weighted by Gasteiger charge is -2.20. The van der Waals surface area contributed by atoms with Crippen molar-refractivity contribution in [3.8, 4) is 11.5 Å². The average Bonchev–Trinajstić information content (AvgIpc) is 3.13. The molecule has 1 aromatic carbocycles. The van der Waals surface area contributed by atoms with E-state index in [1.54, 1.807) is 38.3 Å². The summed E-state index contributed by atoms with van der Waals surface area (Å²) in [6.07, 6.45) is 2.54. The lowest BCUT2D eigenvalue weighted by molar-refractivity contribution is 0.147. The molecule has 0 fully saturated rings. The van der Waals surface area contributed by atoms with E-state index in [0.29, 0.717) is 48.3 Å². The maximum Gasteiger partial charge on any atom is 0.327 e. The van der Waals surface area contributed by atoms with Crippen LogP contribution in [0.3, 0.4) is 0 Å². The van der Waals surface area contributed by atoms with Gasteiger partial charge in [0.2, 0.25) is 0 Å². The fourth-order valence-corrected chi connectivity index (χ4v) is 3.06. The number of aryl methyl sites for hydroxylation is 1. The molecule has 0 aliphatic heterocycles. The highest BCUT2D eigenvalue weighted by molar-refractivity contribution is 6.02. The first kappa shape index (κ1) is 20.5. The van der Waals surface area contributed by atoms with Crippen molar-refractivity contribution in [2.24, 2.45) is 0 Å². The predicted molar refractivity (Wildman–Crippen MR) is 112 cm³/mol. The molecule has 0 spiro atoms. The summed E-state index contributed by atoms with van der Waals surface area (Å²) in [4.78, 5) is 19.2. The van der Waals surface area contributed by atoms with Crippen LogP contribution in [-0.4, -0.2) is 49.9 Å². The Morgan fingerprint density at radius 1 is 1.14 bits per heavy atom. The van der Waals surface area contributed by atoms with Crippen LogP contribution in [0.2, 0.25) is 0 Å². The number of imidazole rings is 1. The molecule has 3 rings (SSSR count). The van der Waals surface area contributed by atoms with E-state index in [1.165, 1.54) is 0 Å². The Bertz CT molecular complexity index is 986. The van der Waals surface area contributed by atoms with Crippen LogP contribution in [0.25, 0.3) is 5.65 Å². The molecule has 1 N–H and O–H groups in total. The van der Waals surface area contributed by atoms with Gasteiger partial charge in [-0.1, -0.05) is 19.1 Å². The molecule has 0 aliphatic carbocycles. The molecule has 154 valence electrons. The number of hydrogen-bond donors (Lipinski definition) is 1. The molecule has 8 heteroatoms. The van der Waals surface area contributed by atoms with Crippen LogP contribution in [0.15, 0.2) is 42.6 Å². The number of nitrogens with zero attached hydrogens (tertiary/aromatic N) is 3. The van der Waals surface area contributed by atoms with E-state index in [2.05, 4.69) is 5.32 Å². The fourth-order valence-electron chi connectivity index (χ4n) is 3.06. The van der Waals surface area contributed by atoms with Crippen LogP contribution in [-0.2, 0) is 11.2 Å². The van der Waals surface area contributed by atoms with Gasteiger partial charge in [0.05, 0.1) is 25.1 Å². The quantitative estimate of drug-likeness (QED) is 0.587. The Morgan fingerprint density at radius 2 is 1.90 bits per heavy atom. The van der Waals surface area contributed by atoms with Crippen molar-refractivity contribution in [3.05, 3.63) is 48.3 Å². The van der Waals surface area contributed by atoms with Gasteiger partial charge in [0.15, 0.2) is 11.4 Å². The van der Waals surface area contributed by atoms with Gasteiger partial charge in [-0.15, -0.1) is 0 Å². The highest BCUT2D eigenvalue weighted by Gasteiger charge is 2.22. The zero-order chi connectivity index (χ0) is 20.8. The first-order valence-corrected chi connectivity index (χ1v) is 9.40. The van der Waals surface area contributed by atoms with Crippen LogP contribution in [0.1, 0.15) is 12.6 Å². The van der Waals surface area contributed by atoms with E-state index in [-0.39, 0.29) is 6.03 Å². The number of amides is 2. The van der Waals surface area contributed by atoms with Crippen molar-refractivity contribution in [2.75, 3.05) is 44.7 Å². The predicted octanol–water partition coefficient (Wildman–Crippen LogP) is 3.60. The van der Waals surface area contributed by atoms with E-state index in [4.69, 9.17) is 19.2 Å². The third-order valence-electron chi connectivity index (χ3n) is 4.51. The van der Waals surface area contributed by atoms with Gasteiger partial charge in [0, 0.05) is 20.4 Å². The summed E-state index contributed by atoms with van der Waals surface area (Å²) in [7, 11) is 4.91. The van der Waals surface area contributed by atoms with Crippen molar-refractivity contribution in [2.45, 2.75) is 13.3 Å². The first-order valence-electron chi connectivity index (χ1n) is 9.40. The van der Waals surface area contributed by atoms with Gasteiger partial charge in [-0.05, 0) is 30.7 Å². The van der Waals surface area contributed by atoms with Gasteiger partial charge in [-0.2, -0.15) is 0 Å². The Labute approximate surface area is 170 Å². The summed E-state index contributed by atoms with van der Waals surface area (Å²) in [6, 6.07) is 10.7. The lowest BCUT2D eigenvalue weighted by Crippen LogP contribution is -2.32. The number of carbonyl (C=O) groups excluding carboxylic acids is 1. The number of methoxy groups -OCH3 is 2. The van der Waals surface area contributed by atoms with Crippen LogP contribution >= 0.6 is 0 Å². The number of para-hydroxylation sites is 2. The summed E-state index contributed by atoms with van der Waals surface area (Å²) < 4.78 is 18.0. The molecule has 8 nitrogen and oxygen atoms in total. The largest absolute Gasteiger partial charge is 0.495 e. The van der Waals surface area contributed by atoms with Gasteiger partial charge in [-0.25, -0.2) is 9.78 Å². The molecule has 0 bridgehead atoms. The number of urea groups is 1. The molecular formula is C21H26N4O4. The first-order chi connectivity index (χ1) is 14.1. The second-order valence-electron chi connectivity index (χ2n) is 6.33.